The maximum absolute atomic E-state index is 4.73. The number of hydrogen-bond donors (Lipinski definition) is 1. The van der Waals surface area contributed by atoms with E-state index >= 15 is 0 Å². The molecule has 5 nitrogen and oxygen atoms in total. The van der Waals surface area contributed by atoms with Crippen LogP contribution in [0.2, 0.25) is 0 Å². The van der Waals surface area contributed by atoms with Gasteiger partial charge in [0.25, 0.3) is 0 Å². The topological polar surface area (TPSA) is 34.6 Å². The minimum Gasteiger partial charge on any atom is -0.371 e. The average Bonchev–Trinajstić information content (AvgIpc) is 2.79. The highest BCUT2D eigenvalue weighted by Gasteiger charge is 2.24. The summed E-state index contributed by atoms with van der Waals surface area (Å²) < 4.78 is 0. The molecule has 0 saturated carbocycles. The molecule has 0 bridgehead atoms. The normalized spacial score (nSPS) is 17.8. The zero-order chi connectivity index (χ0) is 21.1. The summed E-state index contributed by atoms with van der Waals surface area (Å²) in [5, 5.41) is 3.43. The fourth-order valence-corrected chi connectivity index (χ4v) is 4.78. The molecule has 2 saturated heterocycles. The predicted octanol–water partition coefficient (Wildman–Crippen LogP) is 4.14. The molecule has 2 fully saturated rings. The molecule has 4 rings (SSSR count). The number of rotatable bonds is 5. The lowest BCUT2D eigenvalue weighted by Crippen LogP contribution is -2.43. The number of aromatic nitrogens is 1. The first-order valence-corrected chi connectivity index (χ1v) is 11.2. The van der Waals surface area contributed by atoms with Crippen LogP contribution in [0.4, 0.5) is 17.2 Å². The first-order chi connectivity index (χ1) is 14.6. The molecule has 5 heteroatoms. The van der Waals surface area contributed by atoms with E-state index in [2.05, 4.69) is 77.9 Å². The fourth-order valence-electron chi connectivity index (χ4n) is 4.78. The van der Waals surface area contributed by atoms with Crippen molar-refractivity contribution in [2.75, 3.05) is 68.1 Å². The van der Waals surface area contributed by atoms with Gasteiger partial charge in [-0.25, -0.2) is 4.98 Å². The summed E-state index contributed by atoms with van der Waals surface area (Å²) in [6.45, 7) is 12.7. The Kier molecular flexibility index (Phi) is 6.28. The van der Waals surface area contributed by atoms with Crippen molar-refractivity contribution < 1.29 is 1.43 Å². The maximum atomic E-state index is 4.73. The molecule has 3 heterocycles. The molecule has 1 aromatic heterocycles. The lowest BCUT2D eigenvalue weighted by molar-refractivity contribution is 0.505. The lowest BCUT2D eigenvalue weighted by Gasteiger charge is -2.36. The van der Waals surface area contributed by atoms with E-state index in [1.54, 1.807) is 0 Å². The van der Waals surface area contributed by atoms with Crippen molar-refractivity contribution in [3.8, 4) is 0 Å². The van der Waals surface area contributed by atoms with Crippen LogP contribution in [0.15, 0.2) is 36.9 Å². The van der Waals surface area contributed by atoms with Gasteiger partial charge in [0.1, 0.15) is 5.82 Å². The third kappa shape index (κ3) is 4.31. The Labute approximate surface area is 182 Å². The number of nitrogens with zero attached hydrogens (tertiary/aromatic N) is 4. The van der Waals surface area contributed by atoms with Crippen LogP contribution in [0.25, 0.3) is 6.08 Å². The van der Waals surface area contributed by atoms with Crippen LogP contribution >= 0.6 is 0 Å². The van der Waals surface area contributed by atoms with Crippen molar-refractivity contribution in [3.05, 3.63) is 53.7 Å². The van der Waals surface area contributed by atoms with E-state index in [9.17, 15) is 0 Å². The Morgan fingerprint density at radius 2 is 1.73 bits per heavy atom. The summed E-state index contributed by atoms with van der Waals surface area (Å²) in [5.41, 5.74) is 6.32. The van der Waals surface area contributed by atoms with Gasteiger partial charge in [-0.3, -0.25) is 0 Å². The quantitative estimate of drug-likeness (QED) is 0.806. The van der Waals surface area contributed by atoms with Crippen molar-refractivity contribution >= 4 is 23.3 Å². The molecule has 2 aromatic rings. The molecule has 2 aliphatic rings. The Balaban J connectivity index is 0.00000272. The summed E-state index contributed by atoms with van der Waals surface area (Å²) >= 11 is 0. The van der Waals surface area contributed by atoms with Gasteiger partial charge < -0.3 is 20.0 Å². The van der Waals surface area contributed by atoms with Crippen molar-refractivity contribution in [1.29, 1.82) is 0 Å². The monoisotopic (exact) mass is 407 g/mol. The van der Waals surface area contributed by atoms with E-state index in [4.69, 9.17) is 4.98 Å². The van der Waals surface area contributed by atoms with E-state index in [0.717, 1.165) is 56.3 Å². The van der Waals surface area contributed by atoms with Crippen LogP contribution in [0, 0.1) is 6.92 Å². The third-order valence-corrected chi connectivity index (χ3v) is 6.45. The van der Waals surface area contributed by atoms with E-state index in [0.29, 0.717) is 5.92 Å². The Morgan fingerprint density at radius 1 is 1.07 bits per heavy atom. The Hall–Kier alpha value is -2.53. The number of nitrogens with one attached hydrogen (secondary N) is 1. The van der Waals surface area contributed by atoms with Crippen LogP contribution in [0.3, 0.4) is 0 Å². The molecule has 0 unspecified atom stereocenters. The highest BCUT2D eigenvalue weighted by molar-refractivity contribution is 5.76. The van der Waals surface area contributed by atoms with Crippen molar-refractivity contribution in [1.82, 2.24) is 10.3 Å². The Morgan fingerprint density at radius 3 is 2.33 bits per heavy atom. The molecule has 0 radical (unpaired) electrons. The smallest absolute Gasteiger partial charge is 0.137 e. The molecule has 0 aliphatic carbocycles. The van der Waals surface area contributed by atoms with Gasteiger partial charge in [-0.2, -0.15) is 0 Å². The lowest BCUT2D eigenvalue weighted by atomic mass is 9.89. The van der Waals surface area contributed by atoms with Crippen molar-refractivity contribution in [2.45, 2.75) is 25.7 Å². The average molecular weight is 408 g/mol. The molecule has 1 N–H and O–H groups in total. The molecule has 0 spiro atoms. The SMILES string of the molecule is C=Cc1c(N2CCC(c3ccc(N4CCNCC4)cc3)CC2)cc(C)nc1N(C)C.[HH]. The number of hydrogen-bond acceptors (Lipinski definition) is 5. The fraction of sp³-hybridized carbons (Fsp3) is 0.480. The third-order valence-electron chi connectivity index (χ3n) is 6.45. The minimum absolute atomic E-state index is 0. The molecule has 2 aliphatic heterocycles. The zero-order valence-electron chi connectivity index (χ0n) is 18.7. The summed E-state index contributed by atoms with van der Waals surface area (Å²) in [6, 6.07) is 11.6. The second-order valence-electron chi connectivity index (χ2n) is 8.71. The van der Waals surface area contributed by atoms with Gasteiger partial charge in [0.15, 0.2) is 0 Å². The van der Waals surface area contributed by atoms with Crippen LogP contribution in [-0.2, 0) is 0 Å². The molecule has 1 aromatic carbocycles. The van der Waals surface area contributed by atoms with Gasteiger partial charge >= 0.3 is 0 Å². The predicted molar refractivity (Wildman–Crippen MR) is 131 cm³/mol. The van der Waals surface area contributed by atoms with Gasteiger partial charge in [0.05, 0.1) is 0 Å². The second kappa shape index (κ2) is 9.09. The number of piperazine rings is 1. The van der Waals surface area contributed by atoms with Gasteiger partial charge in [-0.1, -0.05) is 24.8 Å². The highest BCUT2D eigenvalue weighted by Crippen LogP contribution is 2.35. The van der Waals surface area contributed by atoms with Crippen molar-refractivity contribution in [2.24, 2.45) is 0 Å². The van der Waals surface area contributed by atoms with Gasteiger partial charge in [0, 0.05) is 77.4 Å². The standard InChI is InChI=1S/C25H35N5.H2/c1-5-23-24(18-19(2)27-25(23)28(3)4)30-14-10-21(11-15-30)20-6-8-22(9-7-20)29-16-12-26-13-17-29;/h5-9,18,21,26H,1,10-17H2,2-4H3;1H. The number of aryl methyl sites for hydroxylation is 1. The van der Waals surface area contributed by atoms with E-state index in [1.165, 1.54) is 29.8 Å². The van der Waals surface area contributed by atoms with Crippen molar-refractivity contribution in [3.63, 3.8) is 0 Å². The molecule has 0 amide bonds. The summed E-state index contributed by atoms with van der Waals surface area (Å²) in [7, 11) is 4.10. The van der Waals surface area contributed by atoms with Gasteiger partial charge in [-0.15, -0.1) is 0 Å². The summed E-state index contributed by atoms with van der Waals surface area (Å²) in [4.78, 5) is 11.8. The Bertz CT molecular complexity index is 866. The summed E-state index contributed by atoms with van der Waals surface area (Å²) in [6.07, 6.45) is 4.32. The van der Waals surface area contributed by atoms with Crippen LogP contribution in [0.1, 0.15) is 37.0 Å². The molecule has 162 valence electrons. The minimum atomic E-state index is 0. The number of benzene rings is 1. The summed E-state index contributed by atoms with van der Waals surface area (Å²) in [5.74, 6) is 1.65. The molecule has 30 heavy (non-hydrogen) atoms. The number of pyridine rings is 1. The highest BCUT2D eigenvalue weighted by atomic mass is 15.2. The van der Waals surface area contributed by atoms with Gasteiger partial charge in [-0.05, 0) is 49.4 Å². The molecular formula is C25H37N5. The zero-order valence-corrected chi connectivity index (χ0v) is 18.7. The van der Waals surface area contributed by atoms with E-state index < -0.39 is 0 Å². The van der Waals surface area contributed by atoms with Crippen LogP contribution in [-0.4, -0.2) is 58.3 Å². The second-order valence-corrected chi connectivity index (χ2v) is 8.71. The molecular weight excluding hydrogens is 370 g/mol. The van der Waals surface area contributed by atoms with E-state index in [-0.39, 0.29) is 1.43 Å². The van der Waals surface area contributed by atoms with Gasteiger partial charge in [0.2, 0.25) is 0 Å². The number of anilines is 3. The number of piperidine rings is 1. The van der Waals surface area contributed by atoms with Crippen LogP contribution < -0.4 is 20.0 Å². The van der Waals surface area contributed by atoms with Crippen LogP contribution in [0.5, 0.6) is 0 Å². The first kappa shape index (κ1) is 20.7. The van der Waals surface area contributed by atoms with E-state index in [1.807, 2.05) is 6.08 Å². The first-order valence-electron chi connectivity index (χ1n) is 11.2. The molecule has 0 atom stereocenters. The maximum Gasteiger partial charge on any atom is 0.137 e. The largest absolute Gasteiger partial charge is 0.371 e.